The van der Waals surface area contributed by atoms with E-state index in [0.717, 1.165) is 84.5 Å². The molecule has 0 aliphatic rings. The molecule has 0 aliphatic carbocycles. The van der Waals surface area contributed by atoms with Crippen molar-refractivity contribution in [3.63, 3.8) is 0 Å². The average molecular weight is 1280 g/mol. The zero-order valence-electron chi connectivity index (χ0n) is 47.2. The van der Waals surface area contributed by atoms with Crippen molar-refractivity contribution >= 4 is 81.8 Å². The zero-order valence-corrected chi connectivity index (χ0v) is 48.8. The molecular weight excluding hydrogens is 1230 g/mol. The van der Waals surface area contributed by atoms with E-state index in [2.05, 4.69) is 71.5 Å². The van der Waals surface area contributed by atoms with Crippen molar-refractivity contribution in [1.29, 1.82) is 0 Å². The number of benzene rings is 7. The SMILES string of the molecule is Nc1ccc(-n2ccnn2)cc1.Nc1ccc(-n2nccn2)cc1.Nc1nc2ccc(-n3ccnn3)cc2s1.Nc1nc2ccc(-n3nccn3)cc2s1.O=[N+]([O-])c1ccc(-n2ccnn2)cc1.O=[N+]([O-])c1ccc(-n2nccn2)cc1.O=[N+]([O-])c1ccc(F)cc1. The lowest BCUT2D eigenvalue weighted by Gasteiger charge is -1.98. The van der Waals surface area contributed by atoms with Gasteiger partial charge in [-0.3, -0.25) is 30.3 Å². The van der Waals surface area contributed by atoms with E-state index in [-0.39, 0.29) is 17.1 Å². The standard InChI is InChI=1S/2C9H7N5S.2C8H6N4O2.2C8H8N4.C6H4FNO2/c10-9-12-7-2-1-6(5-8(7)15-9)14-4-3-11-13-14;10-9-13-7-2-1-6(5-8(7)15-9)14-11-3-4-12-14;13-12(14)8-3-1-7(2-4-8)11-6-5-9-10-11;13-12(14)8-3-1-7(2-4-8)11-9-5-6-10-11;9-7-1-3-8(4-2-7)12-6-5-10-11-12;9-7-1-3-8(4-2-7)12-10-5-6-11-12;7-5-1-3-6(4-2-5)8(9)10/h1-5H,(H2,10,12);1-5H,(H2,10,13);2*1-6H;2*1-6H,9H2;1-4H. The molecule has 0 fully saturated rings. The van der Waals surface area contributed by atoms with Crippen molar-refractivity contribution in [2.75, 3.05) is 22.9 Å². The van der Waals surface area contributed by atoms with Crippen molar-refractivity contribution in [3.8, 4) is 34.1 Å². The number of fused-ring (bicyclic) bond motifs is 2. The highest BCUT2D eigenvalue weighted by Gasteiger charge is 2.09. The second kappa shape index (κ2) is 30.7. The van der Waals surface area contributed by atoms with Crippen molar-refractivity contribution in [3.05, 3.63) is 268 Å². The highest BCUT2D eigenvalue weighted by atomic mass is 32.1. The van der Waals surface area contributed by atoms with Gasteiger partial charge in [-0.1, -0.05) is 38.3 Å². The lowest BCUT2D eigenvalue weighted by Crippen LogP contribution is -1.98. The molecule has 460 valence electrons. The summed E-state index contributed by atoms with van der Waals surface area (Å²) in [5, 5.41) is 78.4. The highest BCUT2D eigenvalue weighted by molar-refractivity contribution is 7.22. The minimum absolute atomic E-state index is 0.0564. The number of nitrogens with zero attached hydrogens (tertiary/aromatic N) is 23. The number of nitro benzene ring substituents is 3. The molecule has 92 heavy (non-hydrogen) atoms. The van der Waals surface area contributed by atoms with Crippen LogP contribution in [0.1, 0.15) is 0 Å². The Morgan fingerprint density at radius 3 is 1.01 bits per heavy atom. The summed E-state index contributed by atoms with van der Waals surface area (Å²) in [5.74, 6) is -0.467. The van der Waals surface area contributed by atoms with Gasteiger partial charge in [-0.05, 0) is 121 Å². The number of hydrogen-bond donors (Lipinski definition) is 4. The Labute approximate surface area is 523 Å². The Morgan fingerprint density at radius 1 is 0.359 bits per heavy atom. The van der Waals surface area contributed by atoms with Gasteiger partial charge in [0.05, 0.1) is 144 Å². The van der Waals surface area contributed by atoms with Crippen LogP contribution in [0.5, 0.6) is 0 Å². The summed E-state index contributed by atoms with van der Waals surface area (Å²) in [6, 6.07) is 43.0. The third-order valence-electron chi connectivity index (χ3n) is 11.7. The number of non-ortho nitro benzene ring substituents is 3. The first kappa shape index (κ1) is 63.0. The number of halogens is 1. The summed E-state index contributed by atoms with van der Waals surface area (Å²) >= 11 is 2.93. The molecule has 33 nitrogen and oxygen atoms in total. The second-order valence-electron chi connectivity index (χ2n) is 17.9. The van der Waals surface area contributed by atoms with Crippen molar-refractivity contribution in [2.45, 2.75) is 0 Å². The normalized spacial score (nSPS) is 10.2. The number of nitrogen functional groups attached to an aromatic ring is 4. The van der Waals surface area contributed by atoms with Crippen LogP contribution in [0.3, 0.4) is 0 Å². The first-order valence-corrected chi connectivity index (χ1v) is 27.9. The first-order valence-electron chi connectivity index (χ1n) is 26.2. The molecule has 15 rings (SSSR count). The van der Waals surface area contributed by atoms with Gasteiger partial charge in [0.25, 0.3) is 17.1 Å². The molecule has 0 radical (unpaired) electrons. The fourth-order valence-corrected chi connectivity index (χ4v) is 8.98. The van der Waals surface area contributed by atoms with Crippen LogP contribution in [0.15, 0.2) is 232 Å². The van der Waals surface area contributed by atoms with Crippen LogP contribution in [0, 0.1) is 36.2 Å². The first-order chi connectivity index (χ1) is 44.6. The summed E-state index contributed by atoms with van der Waals surface area (Å²) < 4.78 is 19.1. The summed E-state index contributed by atoms with van der Waals surface area (Å²) in [7, 11) is 0. The third kappa shape index (κ3) is 17.8. The lowest BCUT2D eigenvalue weighted by atomic mass is 10.3. The number of hydrogen-bond acceptors (Lipinski definition) is 26. The predicted octanol–water partition coefficient (Wildman–Crippen LogP) is 8.70. The monoisotopic (exact) mass is 1280 g/mol. The van der Waals surface area contributed by atoms with Gasteiger partial charge in [-0.15, -0.1) is 15.3 Å². The Kier molecular flexibility index (Phi) is 21.0. The summed E-state index contributed by atoms with van der Waals surface area (Å²) in [6.07, 6.45) is 19.7. The van der Waals surface area contributed by atoms with Crippen molar-refractivity contribution < 1.29 is 19.2 Å². The van der Waals surface area contributed by atoms with Gasteiger partial charge in [0.2, 0.25) is 0 Å². The average Bonchev–Trinajstić information content (AvgIpc) is 2.08. The third-order valence-corrected chi connectivity index (χ3v) is 13.4. The van der Waals surface area contributed by atoms with E-state index in [1.807, 2.05) is 84.9 Å². The minimum atomic E-state index is -0.570. The molecule has 0 saturated carbocycles. The molecular formula is C56H46FN27O6S2. The number of thiazole rings is 2. The number of aromatic nitrogens is 20. The maximum Gasteiger partial charge on any atom is 0.269 e. The smallest absolute Gasteiger partial charge is 0.269 e. The Hall–Kier alpha value is -13.5. The molecule has 0 atom stereocenters. The largest absolute Gasteiger partial charge is 0.399 e. The van der Waals surface area contributed by atoms with E-state index in [9.17, 15) is 34.7 Å². The summed E-state index contributed by atoms with van der Waals surface area (Å²) in [6.45, 7) is 0. The molecule has 0 bridgehead atoms. The van der Waals surface area contributed by atoms with E-state index >= 15 is 0 Å². The number of anilines is 4. The fourth-order valence-electron chi connectivity index (χ4n) is 7.45. The number of rotatable bonds is 9. The zero-order chi connectivity index (χ0) is 64.8. The van der Waals surface area contributed by atoms with Gasteiger partial charge < -0.3 is 22.9 Å². The van der Waals surface area contributed by atoms with E-state index in [4.69, 9.17) is 22.9 Å². The van der Waals surface area contributed by atoms with E-state index in [0.29, 0.717) is 16.0 Å². The molecule has 8 N–H and O–H groups in total. The molecule has 0 spiro atoms. The van der Waals surface area contributed by atoms with Crippen LogP contribution in [0.25, 0.3) is 54.6 Å². The minimum Gasteiger partial charge on any atom is -0.399 e. The van der Waals surface area contributed by atoms with Gasteiger partial charge in [-0.25, -0.2) is 28.4 Å². The molecule has 7 aromatic carbocycles. The summed E-state index contributed by atoms with van der Waals surface area (Å²) in [4.78, 5) is 42.1. The Balaban J connectivity index is 0.000000127. The molecule has 15 aromatic rings. The molecule has 8 aromatic heterocycles. The quantitative estimate of drug-likeness (QED) is 0.0596. The van der Waals surface area contributed by atoms with E-state index < -0.39 is 20.6 Å². The topological polar surface area (TPSA) is 444 Å². The maximum absolute atomic E-state index is 12.1. The predicted molar refractivity (Wildman–Crippen MR) is 339 cm³/mol. The van der Waals surface area contributed by atoms with Crippen LogP contribution in [-0.4, -0.2) is 115 Å². The fraction of sp³-hybridized carbons (Fsp3) is 0. The molecule has 0 unspecified atom stereocenters. The van der Waals surface area contributed by atoms with Crippen LogP contribution in [0.4, 0.5) is 43.1 Å². The highest BCUT2D eigenvalue weighted by Crippen LogP contribution is 2.27. The van der Waals surface area contributed by atoms with E-state index in [1.165, 1.54) is 56.4 Å². The van der Waals surface area contributed by atoms with Crippen molar-refractivity contribution in [1.82, 2.24) is 99.9 Å². The van der Waals surface area contributed by atoms with Gasteiger partial charge in [0, 0.05) is 47.8 Å². The molecule has 36 heteroatoms. The molecule has 0 saturated heterocycles. The van der Waals surface area contributed by atoms with Crippen LogP contribution in [0.2, 0.25) is 0 Å². The summed E-state index contributed by atoms with van der Waals surface area (Å²) in [5.41, 5.74) is 30.9. The number of nitro groups is 3. The van der Waals surface area contributed by atoms with Crippen molar-refractivity contribution in [2.24, 2.45) is 0 Å². The van der Waals surface area contributed by atoms with Gasteiger partial charge in [-0.2, -0.15) is 45.0 Å². The second-order valence-corrected chi connectivity index (χ2v) is 20.0. The van der Waals surface area contributed by atoms with Gasteiger partial charge >= 0.3 is 0 Å². The van der Waals surface area contributed by atoms with Crippen LogP contribution in [-0.2, 0) is 0 Å². The Bertz CT molecular complexity index is 4420. The lowest BCUT2D eigenvalue weighted by molar-refractivity contribution is -0.385. The van der Waals surface area contributed by atoms with Crippen LogP contribution >= 0.6 is 22.7 Å². The Morgan fingerprint density at radius 2 is 0.652 bits per heavy atom. The molecule has 8 heterocycles. The van der Waals surface area contributed by atoms with Gasteiger partial charge in [0.1, 0.15) is 5.82 Å². The number of nitrogens with two attached hydrogens (primary N) is 4. The molecule has 0 amide bonds. The van der Waals surface area contributed by atoms with Gasteiger partial charge in [0.15, 0.2) is 10.3 Å². The molecule has 0 aliphatic heterocycles. The van der Waals surface area contributed by atoms with Crippen LogP contribution < -0.4 is 22.9 Å². The van der Waals surface area contributed by atoms with E-state index in [1.54, 1.807) is 118 Å². The maximum atomic E-state index is 12.1.